The normalized spacial score (nSPS) is 17.5. The zero-order valence-corrected chi connectivity index (χ0v) is 22.4. The third-order valence-electron chi connectivity index (χ3n) is 4.73. The van der Waals surface area contributed by atoms with E-state index in [0.29, 0.717) is 11.4 Å². The summed E-state index contributed by atoms with van der Waals surface area (Å²) in [6.45, 7) is 8.02. The van der Waals surface area contributed by atoms with Crippen molar-refractivity contribution in [1.82, 2.24) is 10.9 Å². The Bertz CT molecular complexity index is 890. The van der Waals surface area contributed by atoms with Gasteiger partial charge in [-0.05, 0) is 48.0 Å². The minimum Gasteiger partial charge on any atom is -0.457 e. The number of ether oxygens (including phenoxy) is 1. The van der Waals surface area contributed by atoms with Gasteiger partial charge in [-0.15, -0.1) is 30.8 Å². The second-order valence-electron chi connectivity index (χ2n) is 6.99. The molecule has 1 aromatic carbocycles. The van der Waals surface area contributed by atoms with Crippen LogP contribution in [0.3, 0.4) is 0 Å². The van der Waals surface area contributed by atoms with Crippen molar-refractivity contribution in [2.24, 2.45) is 0 Å². The predicted molar refractivity (Wildman–Crippen MR) is 144 cm³/mol. The highest BCUT2D eigenvalue weighted by molar-refractivity contribution is 7.28. The number of hydrazine groups is 1. The first-order valence-electron chi connectivity index (χ1n) is 10.9. The zero-order chi connectivity index (χ0) is 24.1. The minimum absolute atomic E-state index is 0.0470. The number of terminal acetylenes is 1. The number of esters is 1. The third kappa shape index (κ3) is 8.73. The quantitative estimate of drug-likeness (QED) is 0.210. The molecule has 0 saturated carbocycles. The summed E-state index contributed by atoms with van der Waals surface area (Å²) < 4.78 is 5.88. The SMILES string of the molecule is C#CC/C=C(\C=C/C)C1C=C(CC(=O)OC(c2ccc(Cl)c(P)c2)C(P)CC)NN1.CC. The molecule has 0 bridgehead atoms. The second kappa shape index (κ2) is 15.3. The molecule has 1 aromatic rings. The fraction of sp³-hybridized carbons (Fsp3) is 0.400. The highest BCUT2D eigenvalue weighted by atomic mass is 35.5. The fourth-order valence-electron chi connectivity index (χ4n) is 3.10. The number of hydrogen-bond donors (Lipinski definition) is 2. The van der Waals surface area contributed by atoms with Crippen LogP contribution < -0.4 is 16.2 Å². The Kier molecular flexibility index (Phi) is 13.5. The van der Waals surface area contributed by atoms with Crippen molar-refractivity contribution in [2.45, 2.75) is 64.8 Å². The molecule has 0 fully saturated rings. The van der Waals surface area contributed by atoms with Crippen LogP contribution in [0.2, 0.25) is 5.02 Å². The Morgan fingerprint density at radius 1 is 1.41 bits per heavy atom. The molecule has 0 aliphatic carbocycles. The van der Waals surface area contributed by atoms with Crippen molar-refractivity contribution >= 4 is 41.4 Å². The molecule has 1 aliphatic rings. The molecule has 0 saturated heterocycles. The largest absolute Gasteiger partial charge is 0.457 e. The lowest BCUT2D eigenvalue weighted by atomic mass is 10.0. The van der Waals surface area contributed by atoms with Gasteiger partial charge in [0.2, 0.25) is 0 Å². The first kappa shape index (κ1) is 28.4. The topological polar surface area (TPSA) is 50.4 Å². The van der Waals surface area contributed by atoms with E-state index in [9.17, 15) is 4.79 Å². The number of carbonyl (C=O) groups excluding carboxylic acids is 1. The summed E-state index contributed by atoms with van der Waals surface area (Å²) in [5.74, 6) is 2.33. The number of allylic oxidation sites excluding steroid dienone is 2. The van der Waals surface area contributed by atoms with Gasteiger partial charge in [-0.1, -0.05) is 56.7 Å². The van der Waals surface area contributed by atoms with Crippen LogP contribution >= 0.6 is 30.1 Å². The van der Waals surface area contributed by atoms with Crippen LogP contribution in [0.5, 0.6) is 0 Å². The summed E-state index contributed by atoms with van der Waals surface area (Å²) >= 11 is 6.13. The maximum absolute atomic E-state index is 12.7. The number of halogens is 1. The predicted octanol–water partition coefficient (Wildman–Crippen LogP) is 5.38. The molecule has 5 atom stereocenters. The lowest BCUT2D eigenvalue weighted by Crippen LogP contribution is -2.33. The minimum atomic E-state index is -0.357. The Morgan fingerprint density at radius 2 is 2.12 bits per heavy atom. The first-order valence-corrected chi connectivity index (χ1v) is 12.5. The van der Waals surface area contributed by atoms with Gasteiger partial charge in [0.1, 0.15) is 6.10 Å². The number of carbonyl (C=O) groups is 1. The molecule has 7 heteroatoms. The molecule has 2 N–H and O–H groups in total. The zero-order valence-electron chi connectivity index (χ0n) is 19.3. The van der Waals surface area contributed by atoms with Crippen LogP contribution in [0.4, 0.5) is 0 Å². The monoisotopic (exact) mass is 492 g/mol. The van der Waals surface area contributed by atoms with Gasteiger partial charge in [0.25, 0.3) is 0 Å². The van der Waals surface area contributed by atoms with Gasteiger partial charge in [0.05, 0.1) is 12.5 Å². The van der Waals surface area contributed by atoms with Gasteiger partial charge >= 0.3 is 5.97 Å². The van der Waals surface area contributed by atoms with E-state index < -0.39 is 0 Å². The number of benzene rings is 1. The van der Waals surface area contributed by atoms with Crippen molar-refractivity contribution < 1.29 is 9.53 Å². The van der Waals surface area contributed by atoms with Gasteiger partial charge in [-0.25, -0.2) is 5.43 Å². The summed E-state index contributed by atoms with van der Waals surface area (Å²) in [7, 11) is 5.39. The van der Waals surface area contributed by atoms with E-state index >= 15 is 0 Å². The average Bonchev–Trinajstić information content (AvgIpc) is 3.26. The smallest absolute Gasteiger partial charge is 0.312 e. The van der Waals surface area contributed by atoms with Crippen molar-refractivity contribution in [2.75, 3.05) is 0 Å². The van der Waals surface area contributed by atoms with Crippen molar-refractivity contribution in [3.8, 4) is 12.3 Å². The Balaban J connectivity index is 0.00000249. The van der Waals surface area contributed by atoms with E-state index in [2.05, 4.69) is 42.2 Å². The van der Waals surface area contributed by atoms with Gasteiger partial charge in [0, 0.05) is 22.8 Å². The van der Waals surface area contributed by atoms with Crippen molar-refractivity contribution in [3.05, 3.63) is 64.4 Å². The van der Waals surface area contributed by atoms with Crippen molar-refractivity contribution in [1.29, 1.82) is 0 Å². The molecule has 2 rings (SSSR count). The van der Waals surface area contributed by atoms with Crippen LogP contribution in [0, 0.1) is 12.3 Å². The molecule has 0 amide bonds. The Hall–Kier alpha value is -1.62. The van der Waals surface area contributed by atoms with Gasteiger partial charge in [-0.2, -0.15) is 0 Å². The molecule has 1 aliphatic heterocycles. The van der Waals surface area contributed by atoms with E-state index in [-0.39, 0.29) is 30.2 Å². The van der Waals surface area contributed by atoms with Crippen LogP contribution in [-0.4, -0.2) is 17.7 Å². The molecule has 5 unspecified atom stereocenters. The maximum Gasteiger partial charge on any atom is 0.312 e. The highest BCUT2D eigenvalue weighted by Crippen LogP contribution is 2.30. The van der Waals surface area contributed by atoms with Crippen LogP contribution in [-0.2, 0) is 9.53 Å². The van der Waals surface area contributed by atoms with Crippen molar-refractivity contribution in [3.63, 3.8) is 0 Å². The van der Waals surface area contributed by atoms with Crippen LogP contribution in [0.25, 0.3) is 0 Å². The molecule has 0 radical (unpaired) electrons. The van der Waals surface area contributed by atoms with Gasteiger partial charge < -0.3 is 10.2 Å². The molecule has 174 valence electrons. The Morgan fingerprint density at radius 3 is 2.72 bits per heavy atom. The van der Waals surface area contributed by atoms with E-state index in [0.717, 1.165) is 28.6 Å². The summed E-state index contributed by atoms with van der Waals surface area (Å²) in [6, 6.07) is 5.63. The summed E-state index contributed by atoms with van der Waals surface area (Å²) in [5, 5.41) is 1.55. The van der Waals surface area contributed by atoms with Crippen LogP contribution in [0.15, 0.2) is 53.8 Å². The van der Waals surface area contributed by atoms with E-state index in [1.165, 1.54) is 0 Å². The molecule has 1 heterocycles. The molecule has 0 spiro atoms. The standard InChI is InChI=1S/C23H29ClN2O2P2.C2H6/c1-4-7-9-15(8-5-2)19-13-17(25-26-19)14-22(27)28-23(20(29)6-3)16-10-11-18(24)21(30)12-16;1-2/h1,5,8-13,19-20,23,25-26H,6-7,14,29-30H2,2-3H3;1-2H3/b8-5-,15-9+;. The third-order valence-corrected chi connectivity index (χ3v) is 6.56. The summed E-state index contributed by atoms with van der Waals surface area (Å²) in [4.78, 5) is 12.7. The lowest BCUT2D eigenvalue weighted by molar-refractivity contribution is -0.148. The lowest BCUT2D eigenvalue weighted by Gasteiger charge is -2.24. The Labute approximate surface area is 203 Å². The van der Waals surface area contributed by atoms with Gasteiger partial charge in [0.15, 0.2) is 0 Å². The number of nitrogens with one attached hydrogen (secondary N) is 2. The van der Waals surface area contributed by atoms with E-state index in [1.54, 1.807) is 0 Å². The van der Waals surface area contributed by atoms with E-state index in [4.69, 9.17) is 22.8 Å². The highest BCUT2D eigenvalue weighted by Gasteiger charge is 2.25. The molecule has 0 aromatic heterocycles. The summed E-state index contributed by atoms with van der Waals surface area (Å²) in [6.07, 6.45) is 14.5. The molecule has 32 heavy (non-hydrogen) atoms. The number of hydrogen-bond acceptors (Lipinski definition) is 4. The van der Waals surface area contributed by atoms with E-state index in [1.807, 2.05) is 63.3 Å². The molecule has 4 nitrogen and oxygen atoms in total. The maximum atomic E-state index is 12.7. The molecular formula is C25H35ClN2O2P2. The van der Waals surface area contributed by atoms with Crippen LogP contribution in [0.1, 0.15) is 58.6 Å². The van der Waals surface area contributed by atoms with Gasteiger partial charge in [-0.3, -0.25) is 4.79 Å². The second-order valence-corrected chi connectivity index (χ2v) is 8.88. The number of rotatable bonds is 9. The average molecular weight is 493 g/mol. The summed E-state index contributed by atoms with van der Waals surface area (Å²) in [5.41, 5.74) is 9.12. The first-order chi connectivity index (χ1) is 15.4. The molecular weight excluding hydrogens is 458 g/mol. The fourth-order valence-corrected chi connectivity index (χ4v) is 3.81.